The number of amides is 2. The lowest BCUT2D eigenvalue weighted by Gasteiger charge is -2.30. The summed E-state index contributed by atoms with van der Waals surface area (Å²) in [6.07, 6.45) is 0. The molecule has 3 N–H and O–H groups in total. The molecule has 0 radical (unpaired) electrons. The summed E-state index contributed by atoms with van der Waals surface area (Å²) >= 11 is 3.40. The second kappa shape index (κ2) is 8.35. The molecular weight excluding hydrogens is 428 g/mol. The number of phenols is 1. The SMILES string of the molecule is CCOC(=O)C1=C(c2ccccc2)NC(=O)NC1c1cc(OC)c(O)cc1Br. The molecule has 1 unspecified atom stereocenters. The van der Waals surface area contributed by atoms with Gasteiger partial charge in [-0.3, -0.25) is 0 Å². The molecule has 28 heavy (non-hydrogen) atoms. The van der Waals surface area contributed by atoms with Crippen LogP contribution in [0.5, 0.6) is 11.5 Å². The van der Waals surface area contributed by atoms with Gasteiger partial charge in [0.15, 0.2) is 11.5 Å². The van der Waals surface area contributed by atoms with Crippen molar-refractivity contribution in [3.63, 3.8) is 0 Å². The fourth-order valence-electron chi connectivity index (χ4n) is 3.00. The number of esters is 1. The van der Waals surface area contributed by atoms with Crippen molar-refractivity contribution in [2.24, 2.45) is 0 Å². The molecule has 7 nitrogen and oxygen atoms in total. The lowest BCUT2D eigenvalue weighted by atomic mass is 9.92. The van der Waals surface area contributed by atoms with Crippen LogP contribution < -0.4 is 15.4 Å². The smallest absolute Gasteiger partial charge is 0.338 e. The lowest BCUT2D eigenvalue weighted by Crippen LogP contribution is -2.45. The van der Waals surface area contributed by atoms with E-state index >= 15 is 0 Å². The number of hydrogen-bond acceptors (Lipinski definition) is 5. The third-order valence-electron chi connectivity index (χ3n) is 4.24. The van der Waals surface area contributed by atoms with E-state index in [2.05, 4.69) is 26.6 Å². The maximum Gasteiger partial charge on any atom is 0.338 e. The zero-order valence-electron chi connectivity index (χ0n) is 15.3. The first-order valence-corrected chi connectivity index (χ1v) is 9.36. The van der Waals surface area contributed by atoms with Crippen molar-refractivity contribution < 1.29 is 24.2 Å². The van der Waals surface area contributed by atoms with E-state index in [0.717, 1.165) is 0 Å². The highest BCUT2D eigenvalue weighted by molar-refractivity contribution is 9.10. The highest BCUT2D eigenvalue weighted by atomic mass is 79.9. The summed E-state index contributed by atoms with van der Waals surface area (Å²) in [4.78, 5) is 25.2. The van der Waals surface area contributed by atoms with Crippen LogP contribution in [0.1, 0.15) is 24.1 Å². The molecule has 0 saturated heterocycles. The van der Waals surface area contributed by atoms with E-state index < -0.39 is 18.0 Å². The number of halogens is 1. The Morgan fingerprint density at radius 2 is 1.96 bits per heavy atom. The fourth-order valence-corrected chi connectivity index (χ4v) is 3.56. The van der Waals surface area contributed by atoms with Gasteiger partial charge in [-0.25, -0.2) is 9.59 Å². The molecule has 0 aromatic heterocycles. The van der Waals surface area contributed by atoms with Crippen molar-refractivity contribution in [2.45, 2.75) is 13.0 Å². The summed E-state index contributed by atoms with van der Waals surface area (Å²) in [5.41, 5.74) is 1.83. The van der Waals surface area contributed by atoms with Crippen molar-refractivity contribution in [3.8, 4) is 11.5 Å². The van der Waals surface area contributed by atoms with Gasteiger partial charge in [0.25, 0.3) is 0 Å². The van der Waals surface area contributed by atoms with Crippen molar-refractivity contribution in [2.75, 3.05) is 13.7 Å². The minimum atomic E-state index is -0.813. The molecule has 0 aliphatic carbocycles. The Morgan fingerprint density at radius 1 is 1.25 bits per heavy atom. The number of phenolic OH excluding ortho intramolecular Hbond substituents is 1. The van der Waals surface area contributed by atoms with Crippen LogP contribution in [-0.4, -0.2) is 30.8 Å². The van der Waals surface area contributed by atoms with Gasteiger partial charge in [0.05, 0.1) is 31.0 Å². The quantitative estimate of drug-likeness (QED) is 0.610. The van der Waals surface area contributed by atoms with Gasteiger partial charge in [0.1, 0.15) is 0 Å². The third-order valence-corrected chi connectivity index (χ3v) is 4.93. The Kier molecular flexibility index (Phi) is 5.89. The Morgan fingerprint density at radius 3 is 2.61 bits per heavy atom. The van der Waals surface area contributed by atoms with Gasteiger partial charge < -0.3 is 25.2 Å². The highest BCUT2D eigenvalue weighted by Gasteiger charge is 2.35. The van der Waals surface area contributed by atoms with Gasteiger partial charge in [-0.15, -0.1) is 0 Å². The maximum absolute atomic E-state index is 12.8. The summed E-state index contributed by atoms with van der Waals surface area (Å²) in [5, 5.41) is 15.5. The van der Waals surface area contributed by atoms with Gasteiger partial charge >= 0.3 is 12.0 Å². The number of carbonyl (C=O) groups is 2. The molecule has 0 bridgehead atoms. The summed E-state index contributed by atoms with van der Waals surface area (Å²) in [6, 6.07) is 10.8. The predicted octanol–water partition coefficient (Wildman–Crippen LogP) is 3.49. The monoisotopic (exact) mass is 446 g/mol. The molecule has 2 aromatic carbocycles. The first-order chi connectivity index (χ1) is 13.5. The zero-order valence-corrected chi connectivity index (χ0v) is 16.9. The maximum atomic E-state index is 12.8. The second-order valence-corrected chi connectivity index (χ2v) is 6.81. The molecule has 1 aliphatic heterocycles. The van der Waals surface area contributed by atoms with Crippen LogP contribution in [0.15, 0.2) is 52.5 Å². The number of hydrogen-bond donors (Lipinski definition) is 3. The Bertz CT molecular complexity index is 943. The molecule has 146 valence electrons. The number of methoxy groups -OCH3 is 1. The van der Waals surface area contributed by atoms with E-state index in [1.807, 2.05) is 18.2 Å². The molecule has 8 heteroatoms. The summed E-state index contributed by atoms with van der Waals surface area (Å²) < 4.78 is 10.9. The standard InChI is InChI=1S/C20H19BrN2O5/c1-3-28-19(25)16-17(11-7-5-4-6-8-11)22-20(26)23-18(16)12-9-15(27-2)14(24)10-13(12)21/h4-10,18,24H,3H2,1-2H3,(H2,22,23,26). The molecule has 0 spiro atoms. The number of aromatic hydroxyl groups is 1. The average molecular weight is 447 g/mol. The minimum Gasteiger partial charge on any atom is -0.504 e. The third kappa shape index (κ3) is 3.82. The largest absolute Gasteiger partial charge is 0.504 e. The summed E-state index contributed by atoms with van der Waals surface area (Å²) in [6.45, 7) is 1.90. The van der Waals surface area contributed by atoms with Crippen molar-refractivity contribution >= 4 is 33.6 Å². The number of nitrogens with one attached hydrogen (secondary N) is 2. The Labute approximate surface area is 170 Å². The summed E-state index contributed by atoms with van der Waals surface area (Å²) in [5.74, 6) is -0.406. The molecule has 0 fully saturated rings. The number of carbonyl (C=O) groups excluding carboxylic acids is 2. The average Bonchev–Trinajstić information content (AvgIpc) is 2.68. The van der Waals surface area contributed by atoms with E-state index in [9.17, 15) is 14.7 Å². The summed E-state index contributed by atoms with van der Waals surface area (Å²) in [7, 11) is 1.42. The van der Waals surface area contributed by atoms with Gasteiger partial charge in [-0.1, -0.05) is 46.3 Å². The van der Waals surface area contributed by atoms with Crippen LogP contribution in [-0.2, 0) is 9.53 Å². The van der Waals surface area contributed by atoms with Crippen molar-refractivity contribution in [1.82, 2.24) is 10.6 Å². The number of ether oxygens (including phenoxy) is 2. The first-order valence-electron chi connectivity index (χ1n) is 8.56. The molecule has 2 aromatic rings. The van der Waals surface area contributed by atoms with Crippen LogP contribution in [0.2, 0.25) is 0 Å². The lowest BCUT2D eigenvalue weighted by molar-refractivity contribution is -0.138. The molecular formula is C20H19BrN2O5. The Balaban J connectivity index is 2.23. The van der Waals surface area contributed by atoms with Crippen molar-refractivity contribution in [1.29, 1.82) is 0 Å². The zero-order chi connectivity index (χ0) is 20.3. The molecule has 1 heterocycles. The normalized spacial score (nSPS) is 16.2. The number of benzene rings is 2. The van der Waals surface area contributed by atoms with Gasteiger partial charge in [0, 0.05) is 4.47 Å². The van der Waals surface area contributed by atoms with E-state index in [0.29, 0.717) is 21.3 Å². The molecule has 0 saturated carbocycles. The van der Waals surface area contributed by atoms with Gasteiger partial charge in [0.2, 0.25) is 0 Å². The molecule has 2 amide bonds. The highest BCUT2D eigenvalue weighted by Crippen LogP contribution is 2.40. The van der Waals surface area contributed by atoms with Crippen molar-refractivity contribution in [3.05, 3.63) is 63.6 Å². The van der Waals surface area contributed by atoms with Crippen LogP contribution in [0.4, 0.5) is 4.79 Å². The van der Waals surface area contributed by atoms with E-state index in [1.165, 1.54) is 13.2 Å². The molecule has 1 atom stereocenters. The topological polar surface area (TPSA) is 96.9 Å². The van der Waals surface area contributed by atoms with Crippen LogP contribution in [0, 0.1) is 0 Å². The van der Waals surface area contributed by atoms with E-state index in [-0.39, 0.29) is 23.7 Å². The Hall–Kier alpha value is -3.00. The van der Waals surface area contributed by atoms with Gasteiger partial charge in [-0.2, -0.15) is 0 Å². The molecule has 1 aliphatic rings. The minimum absolute atomic E-state index is 0.0664. The van der Waals surface area contributed by atoms with Crippen LogP contribution >= 0.6 is 15.9 Å². The van der Waals surface area contributed by atoms with E-state index in [1.54, 1.807) is 25.1 Å². The van der Waals surface area contributed by atoms with Crippen LogP contribution in [0.3, 0.4) is 0 Å². The van der Waals surface area contributed by atoms with Gasteiger partial charge in [-0.05, 0) is 30.2 Å². The number of urea groups is 1. The molecule has 3 rings (SSSR count). The van der Waals surface area contributed by atoms with E-state index in [4.69, 9.17) is 9.47 Å². The second-order valence-electron chi connectivity index (χ2n) is 5.95. The number of rotatable bonds is 5. The predicted molar refractivity (Wildman–Crippen MR) is 107 cm³/mol. The first kappa shape index (κ1) is 19.8. The fraction of sp³-hybridized carbons (Fsp3) is 0.200. The van der Waals surface area contributed by atoms with Crippen LogP contribution in [0.25, 0.3) is 5.70 Å².